The highest BCUT2D eigenvalue weighted by atomic mass is 35.5. The molecule has 4 rings (SSSR count). The van der Waals surface area contributed by atoms with Crippen LogP contribution in [0.1, 0.15) is 47.2 Å². The molecule has 172 valence electrons. The van der Waals surface area contributed by atoms with Crippen molar-refractivity contribution < 1.29 is 19.1 Å². The van der Waals surface area contributed by atoms with Crippen LogP contribution in [0.2, 0.25) is 5.02 Å². The molecule has 3 aromatic rings. The normalized spacial score (nSPS) is 12.7. The van der Waals surface area contributed by atoms with Crippen molar-refractivity contribution in [1.29, 1.82) is 0 Å². The monoisotopic (exact) mass is 483 g/mol. The lowest BCUT2D eigenvalue weighted by Gasteiger charge is -2.16. The number of carbonyl (C=O) groups is 2. The third kappa shape index (κ3) is 5.75. The van der Waals surface area contributed by atoms with Gasteiger partial charge in [0.1, 0.15) is 16.3 Å². The lowest BCUT2D eigenvalue weighted by Crippen LogP contribution is -2.15. The molecule has 0 saturated heterocycles. The Labute approximate surface area is 202 Å². The Hall–Kier alpha value is -2.83. The number of carbonyl (C=O) groups excluding carboxylic acids is 2. The fourth-order valence-corrected chi connectivity index (χ4v) is 5.11. The number of fused-ring (bicyclic) bond motifs is 1. The Kier molecular flexibility index (Phi) is 7.68. The first-order valence-electron chi connectivity index (χ1n) is 11.1. The maximum atomic E-state index is 12.6. The summed E-state index contributed by atoms with van der Waals surface area (Å²) in [7, 11) is 1.36. The van der Waals surface area contributed by atoms with E-state index in [1.54, 1.807) is 24.3 Å². The Balaban J connectivity index is 1.42. The summed E-state index contributed by atoms with van der Waals surface area (Å²) in [5.41, 5.74) is 4.90. The lowest BCUT2D eigenvalue weighted by molar-refractivity contribution is -0.116. The number of methoxy groups -OCH3 is 1. The summed E-state index contributed by atoms with van der Waals surface area (Å²) >= 11 is 7.21. The zero-order chi connectivity index (χ0) is 23.2. The molecule has 5 nitrogen and oxygen atoms in total. The highest BCUT2D eigenvalue weighted by molar-refractivity contribution is 7.15. The van der Waals surface area contributed by atoms with Crippen LogP contribution in [-0.2, 0) is 22.4 Å². The second-order valence-corrected chi connectivity index (χ2v) is 9.31. The molecule has 0 saturated carbocycles. The average molecular weight is 484 g/mol. The summed E-state index contributed by atoms with van der Waals surface area (Å²) in [4.78, 5) is 25.1. The summed E-state index contributed by atoms with van der Waals surface area (Å²) < 4.78 is 10.7. The van der Waals surface area contributed by atoms with Crippen molar-refractivity contribution in [1.82, 2.24) is 0 Å². The summed E-state index contributed by atoms with van der Waals surface area (Å²) in [6.45, 7) is 0.406. The standard InChI is InChI=1S/C26H26ClNO4S/c1-31-26(30)24-22(19-9-8-17-5-2-3-6-18(17)15-19)16-33-25(24)28-23(29)7-4-14-32-21-12-10-20(27)11-13-21/h8-13,15-16H,2-7,14H2,1H3,(H,28,29). The number of aryl methyl sites for hydroxylation is 2. The molecular formula is C26H26ClNO4S. The first-order chi connectivity index (χ1) is 16.0. The predicted octanol–water partition coefficient (Wildman–Crippen LogP) is 6.53. The molecule has 0 radical (unpaired) electrons. The smallest absolute Gasteiger partial charge is 0.341 e. The minimum absolute atomic E-state index is 0.168. The first kappa shape index (κ1) is 23.3. The zero-order valence-electron chi connectivity index (χ0n) is 18.5. The predicted molar refractivity (Wildman–Crippen MR) is 133 cm³/mol. The van der Waals surface area contributed by atoms with Crippen LogP contribution in [0.25, 0.3) is 11.1 Å². The van der Waals surface area contributed by atoms with E-state index in [0.29, 0.717) is 34.4 Å². The van der Waals surface area contributed by atoms with Gasteiger partial charge >= 0.3 is 5.97 Å². The lowest BCUT2D eigenvalue weighted by atomic mass is 9.89. The van der Waals surface area contributed by atoms with Crippen LogP contribution < -0.4 is 10.1 Å². The van der Waals surface area contributed by atoms with Gasteiger partial charge < -0.3 is 14.8 Å². The van der Waals surface area contributed by atoms with Crippen molar-refractivity contribution in [2.75, 3.05) is 19.0 Å². The third-order valence-electron chi connectivity index (χ3n) is 5.72. The topological polar surface area (TPSA) is 64.6 Å². The van der Waals surface area contributed by atoms with Crippen LogP contribution in [0.3, 0.4) is 0 Å². The van der Waals surface area contributed by atoms with Crippen LogP contribution in [0.15, 0.2) is 47.8 Å². The van der Waals surface area contributed by atoms with E-state index in [4.69, 9.17) is 21.1 Å². The number of ether oxygens (including phenoxy) is 2. The molecule has 0 aliphatic heterocycles. The van der Waals surface area contributed by atoms with Crippen molar-refractivity contribution in [2.45, 2.75) is 38.5 Å². The quantitative estimate of drug-likeness (QED) is 0.292. The molecule has 0 atom stereocenters. The number of amides is 1. The fraction of sp³-hybridized carbons (Fsp3) is 0.308. The van der Waals surface area contributed by atoms with Crippen molar-refractivity contribution in [3.05, 3.63) is 69.6 Å². The van der Waals surface area contributed by atoms with E-state index in [1.807, 2.05) is 5.38 Å². The van der Waals surface area contributed by atoms with Gasteiger partial charge in [0.15, 0.2) is 0 Å². The van der Waals surface area contributed by atoms with Crippen LogP contribution >= 0.6 is 22.9 Å². The molecule has 7 heteroatoms. The number of anilines is 1. The van der Waals surface area contributed by atoms with E-state index in [0.717, 1.165) is 24.0 Å². The fourth-order valence-electron chi connectivity index (χ4n) is 4.01. The molecular weight excluding hydrogens is 458 g/mol. The molecule has 1 N–H and O–H groups in total. The molecule has 0 bridgehead atoms. The number of benzene rings is 2. The van der Waals surface area contributed by atoms with E-state index >= 15 is 0 Å². The van der Waals surface area contributed by atoms with Gasteiger partial charge in [0.25, 0.3) is 0 Å². The van der Waals surface area contributed by atoms with E-state index in [2.05, 4.69) is 23.5 Å². The summed E-state index contributed by atoms with van der Waals surface area (Å²) in [5.74, 6) is 0.0878. The average Bonchev–Trinajstić information content (AvgIpc) is 3.25. The Bertz CT molecular complexity index is 1140. The van der Waals surface area contributed by atoms with Crippen molar-refractivity contribution in [3.63, 3.8) is 0 Å². The van der Waals surface area contributed by atoms with Gasteiger partial charge in [-0.15, -0.1) is 11.3 Å². The summed E-state index contributed by atoms with van der Waals surface area (Å²) in [6.07, 6.45) is 5.40. The van der Waals surface area contributed by atoms with Gasteiger partial charge in [-0.05, 0) is 73.1 Å². The number of rotatable bonds is 8. The molecule has 2 aromatic carbocycles. The number of hydrogen-bond acceptors (Lipinski definition) is 5. The molecule has 1 amide bonds. The van der Waals surface area contributed by atoms with Crippen LogP contribution in [0, 0.1) is 0 Å². The minimum Gasteiger partial charge on any atom is -0.494 e. The molecule has 0 unspecified atom stereocenters. The Morgan fingerprint density at radius 3 is 2.58 bits per heavy atom. The molecule has 1 aliphatic rings. The van der Waals surface area contributed by atoms with Gasteiger partial charge in [-0.1, -0.05) is 29.8 Å². The number of esters is 1. The number of thiophene rings is 1. The van der Waals surface area contributed by atoms with Gasteiger partial charge in [0, 0.05) is 22.4 Å². The third-order valence-corrected chi connectivity index (χ3v) is 6.87. The second-order valence-electron chi connectivity index (χ2n) is 7.99. The van der Waals surface area contributed by atoms with Crippen LogP contribution in [0.5, 0.6) is 5.75 Å². The molecule has 33 heavy (non-hydrogen) atoms. The molecule has 0 fully saturated rings. The van der Waals surface area contributed by atoms with E-state index in [-0.39, 0.29) is 12.3 Å². The van der Waals surface area contributed by atoms with Gasteiger partial charge in [0.05, 0.1) is 13.7 Å². The van der Waals surface area contributed by atoms with Crippen molar-refractivity contribution in [2.24, 2.45) is 0 Å². The van der Waals surface area contributed by atoms with Crippen molar-refractivity contribution >= 4 is 39.8 Å². The Morgan fingerprint density at radius 2 is 1.82 bits per heavy atom. The van der Waals surface area contributed by atoms with Crippen LogP contribution in [-0.4, -0.2) is 25.6 Å². The first-order valence-corrected chi connectivity index (χ1v) is 12.3. The summed E-state index contributed by atoms with van der Waals surface area (Å²) in [5, 5.41) is 5.96. The molecule has 1 aromatic heterocycles. The molecule has 0 spiro atoms. The van der Waals surface area contributed by atoms with Gasteiger partial charge in [0.2, 0.25) is 5.91 Å². The van der Waals surface area contributed by atoms with E-state index in [1.165, 1.54) is 42.4 Å². The van der Waals surface area contributed by atoms with Gasteiger partial charge in [-0.3, -0.25) is 4.79 Å². The van der Waals surface area contributed by atoms with E-state index in [9.17, 15) is 9.59 Å². The maximum absolute atomic E-state index is 12.6. The minimum atomic E-state index is -0.453. The zero-order valence-corrected chi connectivity index (χ0v) is 20.1. The summed E-state index contributed by atoms with van der Waals surface area (Å²) in [6, 6.07) is 13.5. The highest BCUT2D eigenvalue weighted by Gasteiger charge is 2.23. The molecule has 1 aliphatic carbocycles. The Morgan fingerprint density at radius 1 is 1.06 bits per heavy atom. The van der Waals surface area contributed by atoms with E-state index < -0.39 is 5.97 Å². The largest absolute Gasteiger partial charge is 0.494 e. The van der Waals surface area contributed by atoms with Crippen LogP contribution in [0.4, 0.5) is 5.00 Å². The number of halogens is 1. The van der Waals surface area contributed by atoms with Gasteiger partial charge in [-0.25, -0.2) is 4.79 Å². The molecule has 1 heterocycles. The highest BCUT2D eigenvalue weighted by Crippen LogP contribution is 2.37. The van der Waals surface area contributed by atoms with Gasteiger partial charge in [-0.2, -0.15) is 0 Å². The maximum Gasteiger partial charge on any atom is 0.341 e. The van der Waals surface area contributed by atoms with Crippen molar-refractivity contribution in [3.8, 4) is 16.9 Å². The number of nitrogens with one attached hydrogen (secondary N) is 1. The second kappa shape index (κ2) is 10.9. The SMILES string of the molecule is COC(=O)c1c(-c2ccc3c(c2)CCCC3)csc1NC(=O)CCCOc1ccc(Cl)cc1. The number of hydrogen-bond donors (Lipinski definition) is 1.